The van der Waals surface area contributed by atoms with Crippen molar-refractivity contribution >= 4 is 37.8 Å². The van der Waals surface area contributed by atoms with Crippen LogP contribution in [0.25, 0.3) is 0 Å². The Morgan fingerprint density at radius 2 is 2.07 bits per heavy atom. The summed E-state index contributed by atoms with van der Waals surface area (Å²) in [6.07, 6.45) is 0. The maximum absolute atomic E-state index is 11.7. The minimum absolute atomic E-state index is 0.157. The summed E-state index contributed by atoms with van der Waals surface area (Å²) in [6, 6.07) is 0. The standard InChI is InChI=1S/C7H8ClNO4S2/c1-4(2)15(12,13)5-3-14-7(6(5)8)9(10)11/h3-4H,1-2H3. The van der Waals surface area contributed by atoms with Gasteiger partial charge in [0.15, 0.2) is 9.84 Å². The third-order valence-electron chi connectivity index (χ3n) is 1.77. The zero-order valence-corrected chi connectivity index (χ0v) is 10.3. The van der Waals surface area contributed by atoms with E-state index in [9.17, 15) is 18.5 Å². The molecule has 0 radical (unpaired) electrons. The highest BCUT2D eigenvalue weighted by atomic mass is 35.5. The number of rotatable bonds is 3. The number of sulfone groups is 1. The third-order valence-corrected chi connectivity index (χ3v) is 5.64. The smallest absolute Gasteiger partial charge is 0.257 e. The summed E-state index contributed by atoms with van der Waals surface area (Å²) in [5, 5.41) is 10.4. The number of hydrogen-bond donors (Lipinski definition) is 0. The normalized spacial score (nSPS) is 12.0. The molecule has 1 rings (SSSR count). The molecule has 0 aromatic carbocycles. The topological polar surface area (TPSA) is 77.3 Å². The van der Waals surface area contributed by atoms with Crippen LogP contribution in [-0.4, -0.2) is 18.6 Å². The zero-order chi connectivity index (χ0) is 11.8. The molecule has 84 valence electrons. The van der Waals surface area contributed by atoms with E-state index in [1.165, 1.54) is 19.2 Å². The van der Waals surface area contributed by atoms with Crippen LogP contribution < -0.4 is 0 Å². The van der Waals surface area contributed by atoms with E-state index in [4.69, 9.17) is 11.6 Å². The minimum atomic E-state index is -3.55. The molecule has 0 N–H and O–H groups in total. The maximum atomic E-state index is 11.7. The van der Waals surface area contributed by atoms with Gasteiger partial charge in [-0.3, -0.25) is 10.1 Å². The monoisotopic (exact) mass is 269 g/mol. The van der Waals surface area contributed by atoms with Crippen molar-refractivity contribution in [2.75, 3.05) is 0 Å². The highest BCUT2D eigenvalue weighted by Crippen LogP contribution is 2.38. The Labute approximate surface area is 95.7 Å². The van der Waals surface area contributed by atoms with Gasteiger partial charge in [0.1, 0.15) is 9.92 Å². The molecule has 0 atom stereocenters. The molecule has 0 bridgehead atoms. The number of thiophene rings is 1. The Hall–Kier alpha value is -0.660. The molecule has 0 unspecified atom stereocenters. The fourth-order valence-electron chi connectivity index (χ4n) is 0.887. The summed E-state index contributed by atoms with van der Waals surface area (Å²) in [7, 11) is -3.55. The zero-order valence-electron chi connectivity index (χ0n) is 7.93. The van der Waals surface area contributed by atoms with Gasteiger partial charge in [-0.25, -0.2) is 8.42 Å². The summed E-state index contributed by atoms with van der Waals surface area (Å²) in [5.41, 5.74) is 0. The minimum Gasteiger partial charge on any atom is -0.257 e. The van der Waals surface area contributed by atoms with Crippen LogP contribution in [0.15, 0.2) is 10.3 Å². The third kappa shape index (κ3) is 2.14. The molecule has 0 aliphatic heterocycles. The fourth-order valence-corrected chi connectivity index (χ4v) is 3.77. The molecular formula is C7H8ClNO4S2. The van der Waals surface area contributed by atoms with E-state index in [1.54, 1.807) is 0 Å². The van der Waals surface area contributed by atoms with Gasteiger partial charge in [-0.05, 0) is 13.8 Å². The van der Waals surface area contributed by atoms with Gasteiger partial charge in [-0.1, -0.05) is 22.9 Å². The van der Waals surface area contributed by atoms with Crippen LogP contribution in [0.3, 0.4) is 0 Å². The van der Waals surface area contributed by atoms with E-state index in [0.717, 1.165) is 11.3 Å². The van der Waals surface area contributed by atoms with Crippen LogP contribution in [0.4, 0.5) is 5.00 Å². The Morgan fingerprint density at radius 3 is 2.40 bits per heavy atom. The second kappa shape index (κ2) is 4.07. The average molecular weight is 270 g/mol. The molecule has 15 heavy (non-hydrogen) atoms. The van der Waals surface area contributed by atoms with E-state index in [2.05, 4.69) is 0 Å². The van der Waals surface area contributed by atoms with Crippen molar-refractivity contribution in [3.63, 3.8) is 0 Å². The first kappa shape index (κ1) is 12.4. The van der Waals surface area contributed by atoms with Crippen LogP contribution in [-0.2, 0) is 9.84 Å². The van der Waals surface area contributed by atoms with Gasteiger partial charge in [0.25, 0.3) is 0 Å². The van der Waals surface area contributed by atoms with E-state index in [-0.39, 0.29) is 14.9 Å². The van der Waals surface area contributed by atoms with Crippen molar-refractivity contribution in [1.82, 2.24) is 0 Å². The maximum Gasteiger partial charge on any atom is 0.343 e. The largest absolute Gasteiger partial charge is 0.343 e. The average Bonchev–Trinajstić information content (AvgIpc) is 2.46. The van der Waals surface area contributed by atoms with Gasteiger partial charge in [-0.2, -0.15) is 0 Å². The van der Waals surface area contributed by atoms with Crippen molar-refractivity contribution < 1.29 is 13.3 Å². The Balaban J connectivity index is 3.37. The Kier molecular flexibility index (Phi) is 3.37. The fraction of sp³-hybridized carbons (Fsp3) is 0.429. The molecule has 8 heteroatoms. The molecule has 0 aliphatic rings. The second-order valence-electron chi connectivity index (χ2n) is 3.07. The van der Waals surface area contributed by atoms with E-state index >= 15 is 0 Å². The lowest BCUT2D eigenvalue weighted by atomic mass is 10.6. The van der Waals surface area contributed by atoms with Crippen molar-refractivity contribution in [1.29, 1.82) is 0 Å². The van der Waals surface area contributed by atoms with E-state index in [1.807, 2.05) is 0 Å². The van der Waals surface area contributed by atoms with Gasteiger partial charge >= 0.3 is 5.00 Å². The first-order valence-electron chi connectivity index (χ1n) is 3.93. The van der Waals surface area contributed by atoms with Gasteiger partial charge < -0.3 is 0 Å². The van der Waals surface area contributed by atoms with E-state index < -0.39 is 20.0 Å². The lowest BCUT2D eigenvalue weighted by Crippen LogP contribution is -2.13. The SMILES string of the molecule is CC(C)S(=O)(=O)c1csc([N+](=O)[O-])c1Cl. The number of nitro groups is 1. The first-order valence-corrected chi connectivity index (χ1v) is 6.74. The first-order chi connectivity index (χ1) is 6.78. The van der Waals surface area contributed by atoms with Gasteiger partial charge in [0.05, 0.1) is 10.2 Å². The molecule has 5 nitrogen and oxygen atoms in total. The molecule has 0 spiro atoms. The summed E-state index contributed by atoms with van der Waals surface area (Å²) >= 11 is 6.36. The van der Waals surface area contributed by atoms with Crippen LogP contribution >= 0.6 is 22.9 Å². The summed E-state index contributed by atoms with van der Waals surface area (Å²) < 4.78 is 23.4. The second-order valence-corrected chi connectivity index (χ2v) is 6.78. The molecule has 0 fully saturated rings. The number of hydrogen-bond acceptors (Lipinski definition) is 5. The molecule has 0 saturated heterocycles. The summed E-state index contributed by atoms with van der Waals surface area (Å²) in [6.45, 7) is 2.99. The Morgan fingerprint density at radius 1 is 1.53 bits per heavy atom. The molecular weight excluding hydrogens is 262 g/mol. The number of halogens is 1. The highest BCUT2D eigenvalue weighted by molar-refractivity contribution is 7.92. The van der Waals surface area contributed by atoms with Crippen LogP contribution in [0, 0.1) is 10.1 Å². The van der Waals surface area contributed by atoms with Crippen molar-refractivity contribution in [3.8, 4) is 0 Å². The molecule has 0 saturated carbocycles. The predicted molar refractivity (Wildman–Crippen MR) is 58.3 cm³/mol. The van der Waals surface area contributed by atoms with Gasteiger partial charge in [-0.15, -0.1) is 0 Å². The summed E-state index contributed by atoms with van der Waals surface area (Å²) in [4.78, 5) is 9.62. The van der Waals surface area contributed by atoms with Gasteiger partial charge in [0.2, 0.25) is 0 Å². The predicted octanol–water partition coefficient (Wildman–Crippen LogP) is 2.49. The van der Waals surface area contributed by atoms with Crippen LogP contribution in [0.1, 0.15) is 13.8 Å². The Bertz CT molecular complexity index is 491. The highest BCUT2D eigenvalue weighted by Gasteiger charge is 2.29. The summed E-state index contributed by atoms with van der Waals surface area (Å²) in [5.74, 6) is 0. The molecule has 1 aromatic heterocycles. The quantitative estimate of drug-likeness (QED) is 0.624. The molecule has 1 heterocycles. The van der Waals surface area contributed by atoms with Crippen molar-refractivity contribution in [2.45, 2.75) is 24.0 Å². The van der Waals surface area contributed by atoms with Gasteiger partial charge in [0, 0.05) is 5.38 Å². The molecule has 1 aromatic rings. The van der Waals surface area contributed by atoms with Crippen LogP contribution in [0.2, 0.25) is 5.02 Å². The molecule has 0 aliphatic carbocycles. The lowest BCUT2D eigenvalue weighted by Gasteiger charge is -2.04. The van der Waals surface area contributed by atoms with Crippen molar-refractivity contribution in [2.24, 2.45) is 0 Å². The lowest BCUT2D eigenvalue weighted by molar-refractivity contribution is -0.380. The number of nitrogens with zero attached hydrogens (tertiary/aromatic N) is 1. The van der Waals surface area contributed by atoms with E-state index in [0.29, 0.717) is 0 Å². The molecule has 0 amide bonds. The van der Waals surface area contributed by atoms with Crippen LogP contribution in [0.5, 0.6) is 0 Å². The van der Waals surface area contributed by atoms with Crippen molar-refractivity contribution in [3.05, 3.63) is 20.5 Å².